The number of aromatic hydroxyl groups is 1. The highest BCUT2D eigenvalue weighted by atomic mass is 32.1. The van der Waals surface area contributed by atoms with Crippen LogP contribution in [-0.4, -0.2) is 25.8 Å². The largest absolute Gasteiger partial charge is 0.508 e. The zero-order chi connectivity index (χ0) is 18.4. The molecule has 1 aliphatic heterocycles. The van der Waals surface area contributed by atoms with E-state index in [4.69, 9.17) is 5.73 Å². The SMILES string of the molecule is CC1=C(C(N)=O)C(c2sccc2C)n2nc(-c3ccc(O)cc3)nc2N1. The van der Waals surface area contributed by atoms with Crippen LogP contribution in [0.15, 0.2) is 47.0 Å². The monoisotopic (exact) mass is 367 g/mol. The molecule has 0 radical (unpaired) electrons. The van der Waals surface area contributed by atoms with E-state index in [2.05, 4.69) is 15.4 Å². The number of nitrogens with two attached hydrogens (primary N) is 1. The summed E-state index contributed by atoms with van der Waals surface area (Å²) in [4.78, 5) is 17.7. The number of nitrogens with zero attached hydrogens (tertiary/aromatic N) is 3. The predicted octanol–water partition coefficient (Wildman–Crippen LogP) is 2.79. The van der Waals surface area contributed by atoms with Gasteiger partial charge >= 0.3 is 0 Å². The number of hydrogen-bond acceptors (Lipinski definition) is 6. The van der Waals surface area contributed by atoms with Gasteiger partial charge in [-0.3, -0.25) is 4.79 Å². The van der Waals surface area contributed by atoms with Gasteiger partial charge in [0.2, 0.25) is 11.9 Å². The highest BCUT2D eigenvalue weighted by molar-refractivity contribution is 7.10. The van der Waals surface area contributed by atoms with Crippen LogP contribution in [0.1, 0.15) is 23.4 Å². The quantitative estimate of drug-likeness (QED) is 0.660. The van der Waals surface area contributed by atoms with Crippen LogP contribution in [0.5, 0.6) is 5.75 Å². The lowest BCUT2D eigenvalue weighted by atomic mass is 9.99. The highest BCUT2D eigenvalue weighted by Crippen LogP contribution is 2.39. The summed E-state index contributed by atoms with van der Waals surface area (Å²) in [6.07, 6.45) is 0. The second kappa shape index (κ2) is 5.99. The van der Waals surface area contributed by atoms with Crippen molar-refractivity contribution in [2.75, 3.05) is 5.32 Å². The van der Waals surface area contributed by atoms with Crippen LogP contribution in [0.4, 0.5) is 5.95 Å². The Morgan fingerprint density at radius 2 is 2.00 bits per heavy atom. The molecule has 26 heavy (non-hydrogen) atoms. The fraction of sp³-hybridized carbons (Fsp3) is 0.167. The minimum atomic E-state index is -0.486. The number of carbonyl (C=O) groups excluding carboxylic acids is 1. The Labute approximate surface area is 153 Å². The molecule has 4 N–H and O–H groups in total. The van der Waals surface area contributed by atoms with Crippen LogP contribution in [0.2, 0.25) is 0 Å². The first-order valence-electron chi connectivity index (χ1n) is 8.03. The van der Waals surface area contributed by atoms with Crippen LogP contribution in [0.3, 0.4) is 0 Å². The van der Waals surface area contributed by atoms with Gasteiger partial charge < -0.3 is 16.2 Å². The molecule has 0 spiro atoms. The van der Waals surface area contributed by atoms with Gasteiger partial charge in [0.25, 0.3) is 0 Å². The van der Waals surface area contributed by atoms with Gasteiger partial charge in [0.1, 0.15) is 11.8 Å². The number of allylic oxidation sites excluding steroid dienone is 1. The second-order valence-corrected chi connectivity index (χ2v) is 7.10. The fourth-order valence-electron chi connectivity index (χ4n) is 3.11. The average Bonchev–Trinajstić information content (AvgIpc) is 3.20. The summed E-state index contributed by atoms with van der Waals surface area (Å²) in [6, 6.07) is 8.26. The fourth-order valence-corrected chi connectivity index (χ4v) is 4.13. The van der Waals surface area contributed by atoms with Gasteiger partial charge in [-0.05, 0) is 55.1 Å². The standard InChI is InChI=1S/C18H17N5O2S/c1-9-7-8-26-15(9)14-13(16(19)25)10(2)20-18-21-17(22-23(14)18)11-3-5-12(24)6-4-11/h3-8,14,24H,1-2H3,(H2,19,25)(H,20,21,22). The first-order valence-corrected chi connectivity index (χ1v) is 8.91. The molecule has 8 heteroatoms. The Hall–Kier alpha value is -3.13. The maximum atomic E-state index is 12.1. The molecule has 7 nitrogen and oxygen atoms in total. The van der Waals surface area contributed by atoms with Gasteiger partial charge in [0.05, 0.1) is 5.57 Å². The van der Waals surface area contributed by atoms with Crippen molar-refractivity contribution in [2.45, 2.75) is 19.9 Å². The van der Waals surface area contributed by atoms with E-state index >= 15 is 0 Å². The Bertz CT molecular complexity index is 1030. The van der Waals surface area contributed by atoms with Crippen molar-refractivity contribution < 1.29 is 9.90 Å². The molecule has 3 aromatic rings. The number of amides is 1. The lowest BCUT2D eigenvalue weighted by molar-refractivity contribution is -0.115. The third-order valence-corrected chi connectivity index (χ3v) is 5.46. The van der Waals surface area contributed by atoms with E-state index in [0.717, 1.165) is 16.0 Å². The van der Waals surface area contributed by atoms with Crippen molar-refractivity contribution in [3.8, 4) is 17.1 Å². The van der Waals surface area contributed by atoms with Crippen molar-refractivity contribution in [1.29, 1.82) is 0 Å². The first kappa shape index (κ1) is 16.3. The number of fused-ring (bicyclic) bond motifs is 1. The molecule has 1 atom stereocenters. The Morgan fingerprint density at radius 1 is 1.27 bits per heavy atom. The minimum Gasteiger partial charge on any atom is -0.508 e. The number of aryl methyl sites for hydroxylation is 1. The third-order valence-electron chi connectivity index (χ3n) is 4.39. The first-order chi connectivity index (χ1) is 12.5. The summed E-state index contributed by atoms with van der Waals surface area (Å²) in [5, 5.41) is 19.2. The summed E-state index contributed by atoms with van der Waals surface area (Å²) < 4.78 is 1.70. The maximum absolute atomic E-state index is 12.1. The number of hydrogen-bond donors (Lipinski definition) is 3. The lowest BCUT2D eigenvalue weighted by Crippen LogP contribution is -2.31. The van der Waals surface area contributed by atoms with Crippen LogP contribution in [0, 0.1) is 6.92 Å². The van der Waals surface area contributed by atoms with Crippen molar-refractivity contribution in [3.63, 3.8) is 0 Å². The molecular weight excluding hydrogens is 350 g/mol. The molecule has 1 aromatic carbocycles. The molecule has 0 bridgehead atoms. The average molecular weight is 367 g/mol. The number of phenols is 1. The molecule has 1 amide bonds. The molecule has 0 fully saturated rings. The number of aromatic nitrogens is 3. The second-order valence-electron chi connectivity index (χ2n) is 6.15. The van der Waals surface area contributed by atoms with Crippen LogP contribution >= 0.6 is 11.3 Å². The predicted molar refractivity (Wildman–Crippen MR) is 99.8 cm³/mol. The van der Waals surface area contributed by atoms with Gasteiger partial charge in [-0.25, -0.2) is 4.68 Å². The molecule has 1 unspecified atom stereocenters. The zero-order valence-electron chi connectivity index (χ0n) is 14.2. The number of benzene rings is 1. The van der Waals surface area contributed by atoms with Crippen LogP contribution < -0.4 is 11.1 Å². The lowest BCUT2D eigenvalue weighted by Gasteiger charge is -2.27. The number of anilines is 1. The summed E-state index contributed by atoms with van der Waals surface area (Å²) >= 11 is 1.56. The molecule has 2 aromatic heterocycles. The summed E-state index contributed by atoms with van der Waals surface area (Å²) in [5.41, 5.74) is 8.67. The number of primary amides is 1. The molecule has 0 saturated heterocycles. The Balaban J connectivity index is 1.88. The van der Waals surface area contributed by atoms with Crippen LogP contribution in [-0.2, 0) is 4.79 Å². The van der Waals surface area contributed by atoms with Crippen LogP contribution in [0.25, 0.3) is 11.4 Å². The summed E-state index contributed by atoms with van der Waals surface area (Å²) in [5.74, 6) is 0.746. The molecule has 1 aliphatic rings. The van der Waals surface area contributed by atoms with E-state index in [1.807, 2.05) is 25.3 Å². The van der Waals surface area contributed by atoms with Gasteiger partial charge in [-0.2, -0.15) is 4.98 Å². The van der Waals surface area contributed by atoms with Crippen molar-refractivity contribution in [2.24, 2.45) is 5.73 Å². The van der Waals surface area contributed by atoms with E-state index in [0.29, 0.717) is 23.0 Å². The Kier molecular flexibility index (Phi) is 3.77. The topological polar surface area (TPSA) is 106 Å². The number of carbonyl (C=O) groups is 1. The molecule has 0 aliphatic carbocycles. The maximum Gasteiger partial charge on any atom is 0.248 e. The van der Waals surface area contributed by atoms with Crippen molar-refractivity contribution >= 4 is 23.2 Å². The number of thiophene rings is 1. The van der Waals surface area contributed by atoms with Gasteiger partial charge in [0.15, 0.2) is 5.82 Å². The molecule has 132 valence electrons. The molecular formula is C18H17N5O2S. The normalized spacial score (nSPS) is 16.3. The molecule has 3 heterocycles. The smallest absolute Gasteiger partial charge is 0.248 e. The zero-order valence-corrected chi connectivity index (χ0v) is 15.0. The van der Waals surface area contributed by atoms with Crippen molar-refractivity contribution in [3.05, 3.63) is 57.4 Å². The minimum absolute atomic E-state index is 0.177. The number of rotatable bonds is 3. The van der Waals surface area contributed by atoms with E-state index in [1.165, 1.54) is 0 Å². The Morgan fingerprint density at radius 3 is 2.62 bits per heavy atom. The van der Waals surface area contributed by atoms with E-state index in [1.54, 1.807) is 40.3 Å². The summed E-state index contributed by atoms with van der Waals surface area (Å²) in [7, 11) is 0. The third kappa shape index (κ3) is 2.55. The van der Waals surface area contributed by atoms with Gasteiger partial charge in [-0.1, -0.05) is 0 Å². The van der Waals surface area contributed by atoms with E-state index < -0.39 is 11.9 Å². The number of nitrogens with one attached hydrogen (secondary N) is 1. The van der Waals surface area contributed by atoms with E-state index in [9.17, 15) is 9.90 Å². The van der Waals surface area contributed by atoms with E-state index in [-0.39, 0.29) is 5.75 Å². The van der Waals surface area contributed by atoms with Gasteiger partial charge in [0, 0.05) is 16.1 Å². The molecule has 0 saturated carbocycles. The molecule has 4 rings (SSSR count). The number of phenolic OH excluding ortho intramolecular Hbond substituents is 1. The highest BCUT2D eigenvalue weighted by Gasteiger charge is 2.34. The van der Waals surface area contributed by atoms with Gasteiger partial charge in [-0.15, -0.1) is 16.4 Å². The summed E-state index contributed by atoms with van der Waals surface area (Å²) in [6.45, 7) is 3.81. The van der Waals surface area contributed by atoms with Crippen molar-refractivity contribution in [1.82, 2.24) is 14.8 Å².